The van der Waals surface area contributed by atoms with E-state index in [2.05, 4.69) is 38.5 Å². The fourth-order valence-corrected chi connectivity index (χ4v) is 4.99. The minimum absolute atomic E-state index is 0.109. The Bertz CT molecular complexity index is 1250. The number of ether oxygens (including phenoxy) is 1. The molecular weight excluding hydrogens is 486 g/mol. The van der Waals surface area contributed by atoms with E-state index in [0.717, 1.165) is 33.5 Å². The monoisotopic (exact) mass is 507 g/mol. The quantitative estimate of drug-likeness (QED) is 0.330. The third-order valence-corrected chi connectivity index (χ3v) is 6.90. The molecule has 5 nitrogen and oxygen atoms in total. The lowest BCUT2D eigenvalue weighted by atomic mass is 10.1. The molecule has 2 aromatic carbocycles. The molecule has 4 aromatic rings. The van der Waals surface area contributed by atoms with E-state index in [4.69, 9.17) is 4.74 Å². The number of benzene rings is 2. The molecule has 2 heterocycles. The number of rotatable bonds is 7. The molecule has 0 spiro atoms. The Kier molecular flexibility index (Phi) is 6.10. The van der Waals surface area contributed by atoms with Crippen molar-refractivity contribution in [3.8, 4) is 5.75 Å². The van der Waals surface area contributed by atoms with E-state index >= 15 is 0 Å². The van der Waals surface area contributed by atoms with Crippen LogP contribution in [0.15, 0.2) is 70.8 Å². The molecule has 1 amide bonds. The zero-order valence-corrected chi connectivity index (χ0v) is 19.8. The van der Waals surface area contributed by atoms with Crippen LogP contribution in [0.2, 0.25) is 0 Å². The van der Waals surface area contributed by atoms with E-state index in [1.54, 1.807) is 6.20 Å². The molecular formula is C25H22BrN3O2S. The number of fused-ring (bicyclic) bond motifs is 1. The van der Waals surface area contributed by atoms with Crippen LogP contribution in [0.5, 0.6) is 5.75 Å². The molecule has 7 heteroatoms. The number of anilines is 1. The lowest BCUT2D eigenvalue weighted by Gasteiger charge is -2.07. The van der Waals surface area contributed by atoms with Gasteiger partial charge in [-0.25, -0.2) is 0 Å². The van der Waals surface area contributed by atoms with Gasteiger partial charge in [0.2, 0.25) is 0 Å². The first-order chi connectivity index (χ1) is 15.6. The lowest BCUT2D eigenvalue weighted by Crippen LogP contribution is -2.10. The number of carbonyl (C=O) groups is 1. The molecule has 162 valence electrons. The van der Waals surface area contributed by atoms with E-state index < -0.39 is 0 Å². The van der Waals surface area contributed by atoms with Crippen molar-refractivity contribution in [1.82, 2.24) is 9.78 Å². The largest absolute Gasteiger partial charge is 0.489 e. The van der Waals surface area contributed by atoms with Crippen molar-refractivity contribution in [1.29, 1.82) is 0 Å². The molecule has 5 rings (SSSR count). The third-order valence-electron chi connectivity index (χ3n) is 5.51. The Balaban J connectivity index is 1.16. The molecule has 32 heavy (non-hydrogen) atoms. The number of amides is 1. The summed E-state index contributed by atoms with van der Waals surface area (Å²) in [6.45, 7) is 1.14. The van der Waals surface area contributed by atoms with E-state index in [1.807, 2.05) is 52.7 Å². The number of halogens is 1. The zero-order chi connectivity index (χ0) is 21.9. The van der Waals surface area contributed by atoms with Crippen molar-refractivity contribution in [2.75, 3.05) is 5.32 Å². The average molecular weight is 508 g/mol. The summed E-state index contributed by atoms with van der Waals surface area (Å²) in [6.07, 6.45) is 7.23. The smallest absolute Gasteiger partial charge is 0.265 e. The first-order valence-corrected chi connectivity index (χ1v) is 12.2. The zero-order valence-electron chi connectivity index (χ0n) is 17.4. The predicted octanol–water partition coefficient (Wildman–Crippen LogP) is 6.08. The summed E-state index contributed by atoms with van der Waals surface area (Å²) in [7, 11) is 0. The fourth-order valence-electron chi connectivity index (χ4n) is 3.87. The fraction of sp³-hybridized carbons (Fsp3) is 0.200. The lowest BCUT2D eigenvalue weighted by molar-refractivity contribution is 0.103. The van der Waals surface area contributed by atoms with Crippen LogP contribution >= 0.6 is 27.3 Å². The molecule has 1 aliphatic rings. The Labute approximate surface area is 199 Å². The molecule has 1 aliphatic carbocycles. The second kappa shape index (κ2) is 9.30. The number of nitrogens with zero attached hydrogens (tertiary/aromatic N) is 2. The molecule has 0 atom stereocenters. The minimum Gasteiger partial charge on any atom is -0.489 e. The molecule has 0 radical (unpaired) electrons. The van der Waals surface area contributed by atoms with Crippen LogP contribution in [0.3, 0.4) is 0 Å². The van der Waals surface area contributed by atoms with Gasteiger partial charge >= 0.3 is 0 Å². The number of thiophene rings is 1. The molecule has 0 fully saturated rings. The summed E-state index contributed by atoms with van der Waals surface area (Å²) in [5.74, 6) is 0.785. The van der Waals surface area contributed by atoms with Crippen molar-refractivity contribution in [2.45, 2.75) is 32.4 Å². The molecule has 0 unspecified atom stereocenters. The van der Waals surface area contributed by atoms with Gasteiger partial charge < -0.3 is 10.1 Å². The molecule has 0 bridgehead atoms. The summed E-state index contributed by atoms with van der Waals surface area (Å²) in [4.78, 5) is 13.3. The molecule has 2 aromatic heterocycles. The Hall–Kier alpha value is -2.90. The van der Waals surface area contributed by atoms with Gasteiger partial charge in [-0.3, -0.25) is 9.48 Å². The van der Waals surface area contributed by atoms with Crippen molar-refractivity contribution >= 4 is 38.9 Å². The highest BCUT2D eigenvalue weighted by molar-refractivity contribution is 9.10. The van der Waals surface area contributed by atoms with Gasteiger partial charge in [-0.15, -0.1) is 11.3 Å². The highest BCUT2D eigenvalue weighted by Gasteiger charge is 2.13. The Morgan fingerprint density at radius 2 is 1.94 bits per heavy atom. The summed E-state index contributed by atoms with van der Waals surface area (Å²) in [5.41, 5.74) is 5.72. The number of nitrogens with one attached hydrogen (secondary N) is 1. The topological polar surface area (TPSA) is 56.2 Å². The van der Waals surface area contributed by atoms with Crippen LogP contribution in [-0.4, -0.2) is 15.7 Å². The third kappa shape index (κ3) is 4.95. The normalized spacial score (nSPS) is 12.5. The highest BCUT2D eigenvalue weighted by atomic mass is 79.9. The number of carbonyl (C=O) groups excluding carboxylic acids is 1. The standard InChI is InChI=1S/C25H22BrN3O2S/c26-21-12-27-29(14-21)13-17-4-7-22(8-5-17)28-25(30)24-10-18(16-32-24)15-31-23-9-6-19-2-1-3-20(19)11-23/h4-12,14,16H,1-3,13,15H2,(H,28,30). The number of aryl methyl sites for hydroxylation is 2. The van der Waals surface area contributed by atoms with Crippen LogP contribution in [0, 0.1) is 0 Å². The summed E-state index contributed by atoms with van der Waals surface area (Å²) in [5, 5.41) is 9.21. The van der Waals surface area contributed by atoms with Gasteiger partial charge in [-0.05, 0) is 87.6 Å². The van der Waals surface area contributed by atoms with Gasteiger partial charge in [0.05, 0.1) is 22.1 Å². The maximum atomic E-state index is 12.6. The first kappa shape index (κ1) is 21.0. The second-order valence-corrected chi connectivity index (χ2v) is 9.73. The molecule has 1 N–H and O–H groups in total. The van der Waals surface area contributed by atoms with Gasteiger partial charge in [0.25, 0.3) is 5.91 Å². The van der Waals surface area contributed by atoms with Crippen LogP contribution in [-0.2, 0) is 26.0 Å². The SMILES string of the molecule is O=C(Nc1ccc(Cn2cc(Br)cn2)cc1)c1cc(COc2ccc3c(c2)CCC3)cs1. The maximum absolute atomic E-state index is 12.6. The average Bonchev–Trinajstić information content (AvgIpc) is 3.54. The molecule has 0 saturated heterocycles. The number of hydrogen-bond acceptors (Lipinski definition) is 4. The minimum atomic E-state index is -0.109. The Morgan fingerprint density at radius 1 is 1.09 bits per heavy atom. The van der Waals surface area contributed by atoms with E-state index in [9.17, 15) is 4.79 Å². The van der Waals surface area contributed by atoms with Gasteiger partial charge in [0.1, 0.15) is 12.4 Å². The van der Waals surface area contributed by atoms with Gasteiger partial charge in [0.15, 0.2) is 0 Å². The van der Waals surface area contributed by atoms with E-state index in [0.29, 0.717) is 18.0 Å². The van der Waals surface area contributed by atoms with Gasteiger partial charge in [0, 0.05) is 17.4 Å². The van der Waals surface area contributed by atoms with Crippen molar-refractivity contribution in [3.05, 3.63) is 97.9 Å². The Morgan fingerprint density at radius 3 is 2.75 bits per heavy atom. The summed E-state index contributed by atoms with van der Waals surface area (Å²) < 4.78 is 8.77. The predicted molar refractivity (Wildman–Crippen MR) is 131 cm³/mol. The van der Waals surface area contributed by atoms with Crippen LogP contribution in [0.25, 0.3) is 0 Å². The van der Waals surface area contributed by atoms with Crippen LogP contribution in [0.4, 0.5) is 5.69 Å². The van der Waals surface area contributed by atoms with Crippen LogP contribution < -0.4 is 10.1 Å². The van der Waals surface area contributed by atoms with Gasteiger partial charge in [-0.2, -0.15) is 5.10 Å². The number of aromatic nitrogens is 2. The first-order valence-electron chi connectivity index (χ1n) is 10.5. The highest BCUT2D eigenvalue weighted by Crippen LogP contribution is 2.27. The number of hydrogen-bond donors (Lipinski definition) is 1. The second-order valence-electron chi connectivity index (χ2n) is 7.90. The van der Waals surface area contributed by atoms with Crippen LogP contribution in [0.1, 0.15) is 38.3 Å². The van der Waals surface area contributed by atoms with E-state index in [-0.39, 0.29) is 5.91 Å². The summed E-state index contributed by atoms with van der Waals surface area (Å²) >= 11 is 4.83. The van der Waals surface area contributed by atoms with Crippen molar-refractivity contribution in [3.63, 3.8) is 0 Å². The summed E-state index contributed by atoms with van der Waals surface area (Å²) in [6, 6.07) is 16.1. The molecule has 0 saturated carbocycles. The van der Waals surface area contributed by atoms with Gasteiger partial charge in [-0.1, -0.05) is 18.2 Å². The maximum Gasteiger partial charge on any atom is 0.265 e. The molecule has 0 aliphatic heterocycles. The van der Waals surface area contributed by atoms with Crippen molar-refractivity contribution in [2.24, 2.45) is 0 Å². The van der Waals surface area contributed by atoms with Crippen molar-refractivity contribution < 1.29 is 9.53 Å². The van der Waals surface area contributed by atoms with E-state index in [1.165, 1.54) is 35.3 Å².